The molecular formula is C15H10F6N4S2. The largest absolute Gasteiger partial charge is 0.433 e. The predicted molar refractivity (Wildman–Crippen MR) is 90.3 cm³/mol. The van der Waals surface area contributed by atoms with Gasteiger partial charge in [0.1, 0.15) is 5.82 Å². The Bertz CT molecular complexity index is 983. The van der Waals surface area contributed by atoms with Crippen molar-refractivity contribution in [2.75, 3.05) is 5.73 Å². The number of thiophene rings is 1. The van der Waals surface area contributed by atoms with Crippen LogP contribution in [0.3, 0.4) is 0 Å². The summed E-state index contributed by atoms with van der Waals surface area (Å²) >= 11 is 1.74. The monoisotopic (exact) mass is 424 g/mol. The fraction of sp³-hybridized carbons (Fsp3) is 0.267. The third kappa shape index (κ3) is 4.26. The van der Waals surface area contributed by atoms with Gasteiger partial charge >= 0.3 is 12.4 Å². The van der Waals surface area contributed by atoms with E-state index in [9.17, 15) is 26.3 Å². The van der Waals surface area contributed by atoms with Gasteiger partial charge in [0.15, 0.2) is 10.9 Å². The van der Waals surface area contributed by atoms with Gasteiger partial charge in [-0.1, -0.05) is 11.8 Å². The van der Waals surface area contributed by atoms with Crippen molar-refractivity contribution in [3.05, 3.63) is 40.7 Å². The quantitative estimate of drug-likeness (QED) is 0.339. The van der Waals surface area contributed by atoms with Crippen LogP contribution in [0.4, 0.5) is 32.2 Å². The molecule has 12 heteroatoms. The molecule has 144 valence electrons. The first kappa shape index (κ1) is 19.7. The Morgan fingerprint density at radius 2 is 1.78 bits per heavy atom. The molecular weight excluding hydrogens is 414 g/mol. The standard InChI is InChI=1S/C15H10F6N4S2/c1-6(27-13-24-11(15(19,20)21)3-12(22)25-13)9-2-7-8(14(16,17)18)5-26-10(7)4-23-9/h2-6H,1H3,(H2,22,24,25). The van der Waals surface area contributed by atoms with E-state index in [0.29, 0.717) is 10.8 Å². The zero-order valence-corrected chi connectivity index (χ0v) is 15.0. The molecule has 0 aromatic carbocycles. The maximum atomic E-state index is 13.1. The van der Waals surface area contributed by atoms with Gasteiger partial charge in [-0.3, -0.25) is 4.98 Å². The number of nitrogens with two attached hydrogens (primary N) is 1. The molecule has 3 aromatic rings. The topological polar surface area (TPSA) is 64.7 Å². The average Bonchev–Trinajstić information content (AvgIpc) is 2.96. The molecule has 0 aliphatic rings. The third-order valence-corrected chi connectivity index (χ3v) is 5.42. The van der Waals surface area contributed by atoms with Gasteiger partial charge in [-0.2, -0.15) is 26.3 Å². The van der Waals surface area contributed by atoms with Crippen LogP contribution in [0.15, 0.2) is 28.9 Å². The summed E-state index contributed by atoms with van der Waals surface area (Å²) < 4.78 is 78.1. The second kappa shape index (κ2) is 6.82. The van der Waals surface area contributed by atoms with E-state index in [1.165, 1.54) is 12.3 Å². The number of halogens is 6. The Morgan fingerprint density at radius 3 is 2.41 bits per heavy atom. The SMILES string of the molecule is CC(Sc1nc(N)cc(C(F)(F)F)n1)c1cc2c(C(F)(F)F)csc2cn1. The molecule has 0 bridgehead atoms. The first-order valence-electron chi connectivity index (χ1n) is 7.28. The molecule has 0 amide bonds. The Morgan fingerprint density at radius 1 is 1.07 bits per heavy atom. The highest BCUT2D eigenvalue weighted by Crippen LogP contribution is 2.41. The Hall–Kier alpha value is -2.08. The maximum absolute atomic E-state index is 13.1. The van der Waals surface area contributed by atoms with Crippen molar-refractivity contribution in [2.45, 2.75) is 29.7 Å². The first-order valence-corrected chi connectivity index (χ1v) is 9.04. The predicted octanol–water partition coefficient (Wildman–Crippen LogP) is 5.56. The van der Waals surface area contributed by atoms with Gasteiger partial charge in [-0.15, -0.1) is 11.3 Å². The number of nitrogens with zero attached hydrogens (tertiary/aromatic N) is 3. The lowest BCUT2D eigenvalue weighted by Gasteiger charge is -2.13. The number of nitrogen functional groups attached to an aromatic ring is 1. The van der Waals surface area contributed by atoms with Crippen LogP contribution >= 0.6 is 23.1 Å². The van der Waals surface area contributed by atoms with Crippen LogP contribution in [-0.2, 0) is 12.4 Å². The van der Waals surface area contributed by atoms with Crippen molar-refractivity contribution < 1.29 is 26.3 Å². The van der Waals surface area contributed by atoms with Crippen LogP contribution in [0, 0.1) is 0 Å². The Balaban J connectivity index is 1.93. The normalized spacial score (nSPS) is 13.9. The number of hydrogen-bond acceptors (Lipinski definition) is 6. The van der Waals surface area contributed by atoms with Crippen molar-refractivity contribution in [1.29, 1.82) is 0 Å². The molecule has 0 saturated carbocycles. The first-order chi connectivity index (χ1) is 12.4. The number of rotatable bonds is 3. The minimum Gasteiger partial charge on any atom is -0.384 e. The summed E-state index contributed by atoms with van der Waals surface area (Å²) in [5.74, 6) is -0.354. The number of thioether (sulfide) groups is 1. The average molecular weight is 424 g/mol. The molecule has 3 heterocycles. The van der Waals surface area contributed by atoms with Gasteiger partial charge in [-0.05, 0) is 13.0 Å². The van der Waals surface area contributed by atoms with E-state index in [-0.39, 0.29) is 22.1 Å². The smallest absolute Gasteiger partial charge is 0.384 e. The van der Waals surface area contributed by atoms with E-state index < -0.39 is 28.9 Å². The molecule has 3 rings (SSSR count). The fourth-order valence-electron chi connectivity index (χ4n) is 2.25. The summed E-state index contributed by atoms with van der Waals surface area (Å²) in [5.41, 5.74) is 3.69. The van der Waals surface area contributed by atoms with Crippen molar-refractivity contribution in [2.24, 2.45) is 0 Å². The summed E-state index contributed by atoms with van der Waals surface area (Å²) in [6.45, 7) is 1.58. The molecule has 27 heavy (non-hydrogen) atoms. The summed E-state index contributed by atoms with van der Waals surface area (Å²) in [4.78, 5) is 11.3. The number of aromatic nitrogens is 3. The lowest BCUT2D eigenvalue weighted by molar-refractivity contribution is -0.141. The number of fused-ring (bicyclic) bond motifs is 1. The summed E-state index contributed by atoms with van der Waals surface area (Å²) in [7, 11) is 0. The van der Waals surface area contributed by atoms with Gasteiger partial charge in [-0.25, -0.2) is 9.97 Å². The molecule has 0 spiro atoms. The molecule has 2 N–H and O–H groups in total. The van der Waals surface area contributed by atoms with Gasteiger partial charge in [0.05, 0.1) is 21.2 Å². The molecule has 0 aliphatic carbocycles. The zero-order chi connectivity index (χ0) is 20.0. The van der Waals surface area contributed by atoms with E-state index in [0.717, 1.165) is 28.5 Å². The van der Waals surface area contributed by atoms with Crippen molar-refractivity contribution in [1.82, 2.24) is 15.0 Å². The Labute approximate surface area is 156 Å². The summed E-state index contributed by atoms with van der Waals surface area (Å²) in [6, 6.07) is 1.89. The van der Waals surface area contributed by atoms with Gasteiger partial charge in [0.25, 0.3) is 0 Å². The second-order valence-corrected chi connectivity index (χ2v) is 7.69. The van der Waals surface area contributed by atoms with E-state index in [2.05, 4.69) is 15.0 Å². The maximum Gasteiger partial charge on any atom is 0.433 e. The number of alkyl halides is 6. The van der Waals surface area contributed by atoms with Gasteiger partial charge in [0, 0.05) is 23.0 Å². The van der Waals surface area contributed by atoms with Crippen LogP contribution in [0.25, 0.3) is 10.1 Å². The van der Waals surface area contributed by atoms with Crippen molar-refractivity contribution in [3.63, 3.8) is 0 Å². The van der Waals surface area contributed by atoms with Crippen LogP contribution in [-0.4, -0.2) is 15.0 Å². The molecule has 1 unspecified atom stereocenters. The second-order valence-electron chi connectivity index (χ2n) is 5.47. The summed E-state index contributed by atoms with van der Waals surface area (Å²) in [6.07, 6.45) is -7.89. The minimum absolute atomic E-state index is 0.00516. The van der Waals surface area contributed by atoms with Crippen molar-refractivity contribution >= 4 is 39.0 Å². The molecule has 4 nitrogen and oxygen atoms in total. The molecule has 1 atom stereocenters. The molecule has 0 radical (unpaired) electrons. The van der Waals surface area contributed by atoms with Crippen LogP contribution < -0.4 is 5.73 Å². The van der Waals surface area contributed by atoms with Crippen LogP contribution in [0.2, 0.25) is 0 Å². The number of anilines is 1. The van der Waals surface area contributed by atoms with E-state index >= 15 is 0 Å². The van der Waals surface area contributed by atoms with E-state index in [4.69, 9.17) is 5.73 Å². The lowest BCUT2D eigenvalue weighted by atomic mass is 10.1. The fourth-order valence-corrected chi connectivity index (χ4v) is 4.04. The van der Waals surface area contributed by atoms with Gasteiger partial charge < -0.3 is 5.73 Å². The lowest BCUT2D eigenvalue weighted by Crippen LogP contribution is -2.11. The Kier molecular flexibility index (Phi) is 4.97. The third-order valence-electron chi connectivity index (χ3n) is 3.50. The number of pyridine rings is 1. The van der Waals surface area contributed by atoms with E-state index in [1.54, 1.807) is 6.92 Å². The highest BCUT2D eigenvalue weighted by Gasteiger charge is 2.35. The summed E-state index contributed by atoms with van der Waals surface area (Å²) in [5, 5.41) is 0.163. The van der Waals surface area contributed by atoms with E-state index in [1.807, 2.05) is 0 Å². The number of hydrogen-bond donors (Lipinski definition) is 1. The van der Waals surface area contributed by atoms with Crippen LogP contribution in [0.5, 0.6) is 0 Å². The zero-order valence-electron chi connectivity index (χ0n) is 13.4. The van der Waals surface area contributed by atoms with Crippen molar-refractivity contribution in [3.8, 4) is 0 Å². The highest BCUT2D eigenvalue weighted by molar-refractivity contribution is 7.99. The molecule has 0 fully saturated rings. The minimum atomic E-state index is -4.69. The molecule has 0 saturated heterocycles. The van der Waals surface area contributed by atoms with Gasteiger partial charge in [0.2, 0.25) is 0 Å². The highest BCUT2D eigenvalue weighted by atomic mass is 32.2. The molecule has 3 aromatic heterocycles. The van der Waals surface area contributed by atoms with Crippen LogP contribution in [0.1, 0.15) is 29.1 Å². The molecule has 0 aliphatic heterocycles.